The van der Waals surface area contributed by atoms with Crippen molar-refractivity contribution in [3.63, 3.8) is 0 Å². The van der Waals surface area contributed by atoms with Crippen molar-refractivity contribution in [1.29, 1.82) is 5.26 Å². The summed E-state index contributed by atoms with van der Waals surface area (Å²) in [6.45, 7) is 1.64. The van der Waals surface area contributed by atoms with Gasteiger partial charge in [0.2, 0.25) is 0 Å². The van der Waals surface area contributed by atoms with Crippen molar-refractivity contribution < 1.29 is 9.47 Å². The average Bonchev–Trinajstić information content (AvgIpc) is 2.96. The number of aryl methyl sites for hydroxylation is 1. The van der Waals surface area contributed by atoms with Crippen molar-refractivity contribution in [2.24, 2.45) is 0 Å². The fourth-order valence-electron chi connectivity index (χ4n) is 2.74. The van der Waals surface area contributed by atoms with E-state index in [9.17, 15) is 0 Å². The third-order valence-corrected chi connectivity index (χ3v) is 3.75. The van der Waals surface area contributed by atoms with Crippen LogP contribution in [0, 0.1) is 11.3 Å². The summed E-state index contributed by atoms with van der Waals surface area (Å²) in [5.74, 6) is 2.17. The third kappa shape index (κ3) is 2.36. The predicted octanol–water partition coefficient (Wildman–Crippen LogP) is 2.78. The van der Waals surface area contributed by atoms with Gasteiger partial charge in [0.25, 0.3) is 0 Å². The Kier molecular flexibility index (Phi) is 3.31. The number of benzene rings is 1. The molecular weight excluding hydrogens is 292 g/mol. The quantitative estimate of drug-likeness (QED) is 0.744. The monoisotopic (exact) mass is 306 g/mol. The first-order chi connectivity index (χ1) is 11.4. The first kappa shape index (κ1) is 13.6. The molecule has 3 heterocycles. The van der Waals surface area contributed by atoms with Crippen LogP contribution in [0.25, 0.3) is 22.6 Å². The van der Waals surface area contributed by atoms with Gasteiger partial charge in [0.1, 0.15) is 18.9 Å². The van der Waals surface area contributed by atoms with Crippen molar-refractivity contribution >= 4 is 11.0 Å². The lowest BCUT2D eigenvalue weighted by Gasteiger charge is -2.18. The minimum absolute atomic E-state index is 0.403. The molecule has 2 aromatic heterocycles. The van der Waals surface area contributed by atoms with Crippen LogP contribution in [0.15, 0.2) is 36.5 Å². The lowest BCUT2D eigenvalue weighted by molar-refractivity contribution is 0.172. The molecule has 0 aliphatic carbocycles. The second-order valence-electron chi connectivity index (χ2n) is 5.19. The van der Waals surface area contributed by atoms with Crippen molar-refractivity contribution in [3.8, 4) is 29.1 Å². The van der Waals surface area contributed by atoms with E-state index in [-0.39, 0.29) is 0 Å². The number of fused-ring (bicyclic) bond motifs is 2. The van der Waals surface area contributed by atoms with Crippen LogP contribution in [0.1, 0.15) is 6.42 Å². The fraction of sp³-hybridized carbons (Fsp3) is 0.235. The Balaban J connectivity index is 1.93. The lowest BCUT2D eigenvalue weighted by atomic mass is 10.2. The van der Waals surface area contributed by atoms with E-state index in [4.69, 9.17) is 19.7 Å². The zero-order valence-electron chi connectivity index (χ0n) is 12.4. The summed E-state index contributed by atoms with van der Waals surface area (Å²) in [6, 6.07) is 11.7. The molecule has 3 aromatic rings. The normalized spacial score (nSPS) is 13.0. The molecule has 1 aliphatic heterocycles. The number of ether oxygens (including phenoxy) is 2. The molecule has 1 aromatic carbocycles. The topological polar surface area (TPSA) is 73.0 Å². The van der Waals surface area contributed by atoms with Gasteiger partial charge < -0.3 is 14.0 Å². The molecule has 23 heavy (non-hydrogen) atoms. The minimum Gasteiger partial charge on any atom is -0.486 e. The SMILES string of the molecule is N#CCCn1c(-c2ccccn2)nc2cc3c(cc21)OCCO3. The van der Waals surface area contributed by atoms with Crippen LogP contribution in [0.2, 0.25) is 0 Å². The highest BCUT2D eigenvalue weighted by Gasteiger charge is 2.19. The van der Waals surface area contributed by atoms with E-state index in [1.807, 2.05) is 34.9 Å². The maximum atomic E-state index is 8.95. The number of hydrogen-bond donors (Lipinski definition) is 0. The maximum absolute atomic E-state index is 8.95. The summed E-state index contributed by atoms with van der Waals surface area (Å²) >= 11 is 0. The minimum atomic E-state index is 0.403. The van der Waals surface area contributed by atoms with Gasteiger partial charge in [-0.15, -0.1) is 0 Å². The van der Waals surface area contributed by atoms with Crippen molar-refractivity contribution in [2.45, 2.75) is 13.0 Å². The molecule has 0 amide bonds. The van der Waals surface area contributed by atoms with Gasteiger partial charge in [-0.2, -0.15) is 5.26 Å². The second kappa shape index (κ2) is 5.61. The number of rotatable bonds is 3. The van der Waals surface area contributed by atoms with Crippen LogP contribution in [-0.4, -0.2) is 27.7 Å². The largest absolute Gasteiger partial charge is 0.486 e. The van der Waals surface area contributed by atoms with Gasteiger partial charge in [-0.05, 0) is 12.1 Å². The fourth-order valence-corrected chi connectivity index (χ4v) is 2.74. The molecular formula is C17H14N4O2. The smallest absolute Gasteiger partial charge is 0.163 e. The van der Waals surface area contributed by atoms with Crippen LogP contribution in [0.5, 0.6) is 11.5 Å². The Labute approximate surface area is 132 Å². The summed E-state index contributed by atoms with van der Waals surface area (Å²) in [6.07, 6.45) is 2.14. The molecule has 114 valence electrons. The van der Waals surface area contributed by atoms with E-state index in [0.29, 0.717) is 31.9 Å². The zero-order valence-corrected chi connectivity index (χ0v) is 12.4. The van der Waals surface area contributed by atoms with Crippen LogP contribution >= 0.6 is 0 Å². The van der Waals surface area contributed by atoms with Crippen LogP contribution in [-0.2, 0) is 6.54 Å². The number of aromatic nitrogens is 3. The van der Waals surface area contributed by atoms with Gasteiger partial charge in [-0.3, -0.25) is 4.98 Å². The molecule has 0 saturated heterocycles. The number of nitrogens with zero attached hydrogens (tertiary/aromatic N) is 4. The maximum Gasteiger partial charge on any atom is 0.163 e. The summed E-state index contributed by atoms with van der Waals surface area (Å²) in [5, 5.41) is 8.95. The van der Waals surface area contributed by atoms with Gasteiger partial charge in [-0.1, -0.05) is 6.07 Å². The molecule has 0 fully saturated rings. The molecule has 0 atom stereocenters. The molecule has 0 N–H and O–H groups in total. The molecule has 1 aliphatic rings. The van der Waals surface area contributed by atoms with Gasteiger partial charge in [0.15, 0.2) is 17.3 Å². The van der Waals surface area contributed by atoms with E-state index in [1.54, 1.807) is 6.20 Å². The number of hydrogen-bond acceptors (Lipinski definition) is 5. The predicted molar refractivity (Wildman–Crippen MR) is 84.2 cm³/mol. The van der Waals surface area contributed by atoms with Crippen molar-refractivity contribution in [3.05, 3.63) is 36.5 Å². The van der Waals surface area contributed by atoms with Gasteiger partial charge in [-0.25, -0.2) is 4.98 Å². The van der Waals surface area contributed by atoms with Crippen LogP contribution in [0.4, 0.5) is 0 Å². The zero-order chi connectivity index (χ0) is 15.6. The highest BCUT2D eigenvalue weighted by atomic mass is 16.6. The number of imidazole rings is 1. The van der Waals surface area contributed by atoms with E-state index >= 15 is 0 Å². The highest BCUT2D eigenvalue weighted by Crippen LogP contribution is 2.36. The van der Waals surface area contributed by atoms with E-state index in [1.165, 1.54) is 0 Å². The molecule has 0 saturated carbocycles. The molecule has 0 spiro atoms. The Morgan fingerprint density at radius 1 is 1.17 bits per heavy atom. The first-order valence-corrected chi connectivity index (χ1v) is 7.45. The van der Waals surface area contributed by atoms with E-state index < -0.39 is 0 Å². The van der Waals surface area contributed by atoms with Gasteiger partial charge >= 0.3 is 0 Å². The molecule has 0 unspecified atom stereocenters. The lowest BCUT2D eigenvalue weighted by Crippen LogP contribution is -2.15. The van der Waals surface area contributed by atoms with Crippen molar-refractivity contribution in [1.82, 2.24) is 14.5 Å². The highest BCUT2D eigenvalue weighted by molar-refractivity contribution is 5.83. The Morgan fingerprint density at radius 3 is 2.74 bits per heavy atom. The number of nitriles is 1. The third-order valence-electron chi connectivity index (χ3n) is 3.75. The molecule has 6 nitrogen and oxygen atoms in total. The van der Waals surface area contributed by atoms with Crippen molar-refractivity contribution in [2.75, 3.05) is 13.2 Å². The summed E-state index contributed by atoms with van der Waals surface area (Å²) < 4.78 is 13.3. The van der Waals surface area contributed by atoms with E-state index in [0.717, 1.165) is 28.3 Å². The van der Waals surface area contributed by atoms with Crippen LogP contribution < -0.4 is 9.47 Å². The Morgan fingerprint density at radius 2 is 2.00 bits per heavy atom. The summed E-state index contributed by atoms with van der Waals surface area (Å²) in [7, 11) is 0. The average molecular weight is 306 g/mol. The van der Waals surface area contributed by atoms with Crippen LogP contribution in [0.3, 0.4) is 0 Å². The summed E-state index contributed by atoms with van der Waals surface area (Å²) in [4.78, 5) is 9.08. The number of pyridine rings is 1. The van der Waals surface area contributed by atoms with Gasteiger partial charge in [0, 0.05) is 24.9 Å². The molecule has 0 bridgehead atoms. The standard InChI is InChI=1S/C17H14N4O2/c18-5-3-7-21-14-11-16-15(22-8-9-23-16)10-13(14)20-17(21)12-4-1-2-6-19-12/h1-2,4,6,10-11H,3,7-9H2. The molecule has 6 heteroatoms. The van der Waals surface area contributed by atoms with E-state index in [2.05, 4.69) is 11.1 Å². The second-order valence-corrected chi connectivity index (χ2v) is 5.19. The Hall–Kier alpha value is -3.07. The Bertz CT molecular complexity index is 896. The molecule has 0 radical (unpaired) electrons. The summed E-state index contributed by atoms with van der Waals surface area (Å²) in [5.41, 5.74) is 2.51. The van der Waals surface area contributed by atoms with Gasteiger partial charge in [0.05, 0.1) is 23.5 Å². The first-order valence-electron chi connectivity index (χ1n) is 7.45. The molecule has 4 rings (SSSR count).